The minimum atomic E-state index is -0.308. The Morgan fingerprint density at radius 1 is 1.10 bits per heavy atom. The number of rotatable bonds is 2. The molecular formula is C16H27BN2O2. The molecule has 1 aromatic heterocycles. The van der Waals surface area contributed by atoms with E-state index in [1.807, 2.05) is 12.3 Å². The Morgan fingerprint density at radius 3 is 2.24 bits per heavy atom. The van der Waals surface area contributed by atoms with E-state index in [-0.39, 0.29) is 18.3 Å². The summed E-state index contributed by atoms with van der Waals surface area (Å²) in [7, 11) is -0.308. The van der Waals surface area contributed by atoms with Gasteiger partial charge in [-0.2, -0.15) is 5.10 Å². The van der Waals surface area contributed by atoms with Gasteiger partial charge in [-0.05, 0) is 65.4 Å². The van der Waals surface area contributed by atoms with Gasteiger partial charge in [0.1, 0.15) is 0 Å². The van der Waals surface area contributed by atoms with Crippen LogP contribution in [0.25, 0.3) is 0 Å². The Bertz CT molecular complexity index is 488. The summed E-state index contributed by atoms with van der Waals surface area (Å²) in [6.07, 6.45) is 6.85. The van der Waals surface area contributed by atoms with Gasteiger partial charge in [0, 0.05) is 6.20 Å². The third-order valence-electron chi connectivity index (χ3n) is 5.53. The molecule has 0 radical (unpaired) electrons. The zero-order chi connectivity index (χ0) is 15.3. The molecule has 2 fully saturated rings. The van der Waals surface area contributed by atoms with E-state index in [2.05, 4.69) is 44.4 Å². The highest BCUT2D eigenvalue weighted by Gasteiger charge is 2.53. The lowest BCUT2D eigenvalue weighted by atomic mass is 9.82. The lowest BCUT2D eigenvalue weighted by molar-refractivity contribution is 0.00578. The Labute approximate surface area is 128 Å². The minimum Gasteiger partial charge on any atom is -0.398 e. The van der Waals surface area contributed by atoms with Crippen LogP contribution in [0.4, 0.5) is 0 Å². The second-order valence-electron chi connectivity index (χ2n) is 7.70. The van der Waals surface area contributed by atoms with Crippen molar-refractivity contribution in [1.29, 1.82) is 0 Å². The van der Waals surface area contributed by atoms with Gasteiger partial charge in [-0.1, -0.05) is 6.92 Å². The zero-order valence-corrected chi connectivity index (χ0v) is 13.9. The molecule has 4 nitrogen and oxygen atoms in total. The fourth-order valence-corrected chi connectivity index (χ4v) is 3.27. The quantitative estimate of drug-likeness (QED) is 0.786. The second kappa shape index (κ2) is 5.13. The summed E-state index contributed by atoms with van der Waals surface area (Å²) in [5.74, 6) is 0.845. The molecule has 1 aliphatic heterocycles. The average molecular weight is 290 g/mol. The van der Waals surface area contributed by atoms with Crippen molar-refractivity contribution in [3.8, 4) is 0 Å². The van der Waals surface area contributed by atoms with Gasteiger partial charge in [-0.15, -0.1) is 0 Å². The van der Waals surface area contributed by atoms with Gasteiger partial charge in [0.2, 0.25) is 0 Å². The zero-order valence-electron chi connectivity index (χ0n) is 13.9. The maximum Gasteiger partial charge on any atom is 0.514 e. The van der Waals surface area contributed by atoms with Crippen molar-refractivity contribution in [3.63, 3.8) is 0 Å². The largest absolute Gasteiger partial charge is 0.514 e. The maximum absolute atomic E-state index is 6.18. The van der Waals surface area contributed by atoms with Gasteiger partial charge in [-0.3, -0.25) is 4.68 Å². The Kier molecular flexibility index (Phi) is 3.69. The molecule has 0 atom stereocenters. The number of hydrogen-bond donors (Lipinski definition) is 0. The first kappa shape index (κ1) is 15.1. The standard InChI is InChI=1S/C16H27BN2O2/c1-12-6-8-13(9-7-12)19-14(10-11-18-19)17-20-15(2,3)16(4,5)21-17/h10-13H,6-9H2,1-5H3. The van der Waals surface area contributed by atoms with E-state index in [0.717, 1.165) is 11.5 Å². The van der Waals surface area contributed by atoms with Crippen molar-refractivity contribution in [1.82, 2.24) is 9.78 Å². The van der Waals surface area contributed by atoms with Gasteiger partial charge in [0.25, 0.3) is 0 Å². The van der Waals surface area contributed by atoms with Gasteiger partial charge in [0.05, 0.1) is 22.8 Å². The van der Waals surface area contributed by atoms with E-state index in [1.54, 1.807) is 0 Å². The lowest BCUT2D eigenvalue weighted by Gasteiger charge is -2.32. The summed E-state index contributed by atoms with van der Waals surface area (Å²) in [4.78, 5) is 0. The van der Waals surface area contributed by atoms with Crippen LogP contribution in [0.15, 0.2) is 12.3 Å². The molecule has 1 aromatic rings. The molecule has 21 heavy (non-hydrogen) atoms. The third kappa shape index (κ3) is 2.66. The molecule has 3 rings (SSSR count). The lowest BCUT2D eigenvalue weighted by Crippen LogP contribution is -2.41. The maximum atomic E-state index is 6.18. The molecule has 0 unspecified atom stereocenters. The molecule has 0 amide bonds. The third-order valence-corrected chi connectivity index (χ3v) is 5.53. The first-order chi connectivity index (χ1) is 9.80. The SMILES string of the molecule is CC1CCC(n2nccc2B2OC(C)(C)C(C)(C)O2)CC1. The predicted molar refractivity (Wildman–Crippen MR) is 84.6 cm³/mol. The molecular weight excluding hydrogens is 263 g/mol. The van der Waals surface area contributed by atoms with Crippen LogP contribution >= 0.6 is 0 Å². The summed E-state index contributed by atoms with van der Waals surface area (Å²) < 4.78 is 14.5. The molecule has 1 saturated heterocycles. The smallest absolute Gasteiger partial charge is 0.398 e. The minimum absolute atomic E-state index is 0.298. The van der Waals surface area contributed by atoms with Crippen LogP contribution in [0, 0.1) is 5.92 Å². The molecule has 2 aliphatic rings. The van der Waals surface area contributed by atoms with Crippen molar-refractivity contribution < 1.29 is 9.31 Å². The monoisotopic (exact) mass is 290 g/mol. The molecule has 116 valence electrons. The van der Waals surface area contributed by atoms with Crippen LogP contribution in [0.5, 0.6) is 0 Å². The van der Waals surface area contributed by atoms with Crippen LogP contribution in [-0.2, 0) is 9.31 Å². The fraction of sp³-hybridized carbons (Fsp3) is 0.812. The van der Waals surface area contributed by atoms with E-state index >= 15 is 0 Å². The average Bonchev–Trinajstić information content (AvgIpc) is 2.94. The molecule has 5 heteroatoms. The summed E-state index contributed by atoms with van der Waals surface area (Å²) in [6.45, 7) is 10.7. The highest BCUT2D eigenvalue weighted by Crippen LogP contribution is 2.37. The predicted octanol–water partition coefficient (Wildman–Crippen LogP) is 2.93. The highest BCUT2D eigenvalue weighted by atomic mass is 16.7. The van der Waals surface area contributed by atoms with E-state index in [0.29, 0.717) is 6.04 Å². The molecule has 0 spiro atoms. The van der Waals surface area contributed by atoms with E-state index in [4.69, 9.17) is 9.31 Å². The van der Waals surface area contributed by atoms with Crippen molar-refractivity contribution >= 4 is 12.7 Å². The molecule has 1 aliphatic carbocycles. The molecule has 0 bridgehead atoms. The Balaban J connectivity index is 1.81. The highest BCUT2D eigenvalue weighted by molar-refractivity contribution is 6.61. The first-order valence-electron chi connectivity index (χ1n) is 8.19. The van der Waals surface area contributed by atoms with Gasteiger partial charge >= 0.3 is 7.12 Å². The van der Waals surface area contributed by atoms with Gasteiger partial charge < -0.3 is 9.31 Å². The van der Waals surface area contributed by atoms with Crippen molar-refractivity contribution in [2.24, 2.45) is 5.92 Å². The molecule has 2 heterocycles. The number of hydrogen-bond acceptors (Lipinski definition) is 3. The van der Waals surface area contributed by atoms with E-state index < -0.39 is 0 Å². The first-order valence-corrected chi connectivity index (χ1v) is 8.19. The Hall–Kier alpha value is -0.805. The van der Waals surface area contributed by atoms with E-state index in [9.17, 15) is 0 Å². The van der Waals surface area contributed by atoms with Crippen LogP contribution in [0.1, 0.15) is 66.3 Å². The second-order valence-corrected chi connectivity index (χ2v) is 7.70. The fourth-order valence-electron chi connectivity index (χ4n) is 3.27. The van der Waals surface area contributed by atoms with Gasteiger partial charge in [0.15, 0.2) is 0 Å². The van der Waals surface area contributed by atoms with Crippen LogP contribution < -0.4 is 5.59 Å². The Morgan fingerprint density at radius 2 is 1.67 bits per heavy atom. The number of nitrogens with zero attached hydrogens (tertiary/aromatic N) is 2. The van der Waals surface area contributed by atoms with E-state index in [1.165, 1.54) is 25.7 Å². The van der Waals surface area contributed by atoms with Crippen molar-refractivity contribution in [3.05, 3.63) is 12.3 Å². The summed E-state index contributed by atoms with van der Waals surface area (Å²) in [5.41, 5.74) is 0.468. The summed E-state index contributed by atoms with van der Waals surface area (Å²) >= 11 is 0. The van der Waals surface area contributed by atoms with Crippen molar-refractivity contribution in [2.75, 3.05) is 0 Å². The number of aromatic nitrogens is 2. The topological polar surface area (TPSA) is 36.3 Å². The molecule has 0 aromatic carbocycles. The summed E-state index contributed by atoms with van der Waals surface area (Å²) in [6, 6.07) is 2.53. The summed E-state index contributed by atoms with van der Waals surface area (Å²) in [5, 5.41) is 4.56. The van der Waals surface area contributed by atoms with Crippen molar-refractivity contribution in [2.45, 2.75) is 77.5 Å². The van der Waals surface area contributed by atoms with Crippen LogP contribution in [0.2, 0.25) is 0 Å². The molecule has 0 N–H and O–H groups in total. The van der Waals surface area contributed by atoms with Crippen LogP contribution in [-0.4, -0.2) is 28.1 Å². The van der Waals surface area contributed by atoms with Crippen LogP contribution in [0.3, 0.4) is 0 Å². The molecule has 1 saturated carbocycles. The van der Waals surface area contributed by atoms with Gasteiger partial charge in [-0.25, -0.2) is 0 Å². The normalized spacial score (nSPS) is 31.6.